The topological polar surface area (TPSA) is 141 Å². The van der Waals surface area contributed by atoms with Crippen LogP contribution in [0.3, 0.4) is 0 Å². The van der Waals surface area contributed by atoms with Crippen LogP contribution in [0.4, 0.5) is 22.7 Å². The fourth-order valence-corrected chi connectivity index (χ4v) is 3.18. The van der Waals surface area contributed by atoms with Gasteiger partial charge in [-0.3, -0.25) is 0 Å². The van der Waals surface area contributed by atoms with Gasteiger partial charge in [-0.25, -0.2) is 9.98 Å². The summed E-state index contributed by atoms with van der Waals surface area (Å²) in [6.45, 7) is 22.5. The van der Waals surface area contributed by atoms with Crippen LogP contribution >= 0.6 is 15.9 Å². The second-order valence-electron chi connectivity index (χ2n) is 10.0. The number of ether oxygens (including phenoxy) is 2. The molecule has 3 aromatic carbocycles. The Morgan fingerprint density at radius 1 is 0.605 bits per heavy atom. The Kier molecular flexibility index (Phi) is 20.3. The first-order chi connectivity index (χ1) is 20.1. The third kappa shape index (κ3) is 18.4. The molecule has 0 fully saturated rings. The maximum Gasteiger partial charge on any atom is 0.151 e. The van der Waals surface area contributed by atoms with Crippen LogP contribution in [0.15, 0.2) is 81.2 Å². The maximum atomic E-state index is 11.8. The van der Waals surface area contributed by atoms with Crippen LogP contribution in [0.2, 0.25) is 0 Å². The molecule has 0 bridgehead atoms. The van der Waals surface area contributed by atoms with Crippen LogP contribution in [0.25, 0.3) is 11.1 Å². The molecule has 0 amide bonds. The highest BCUT2D eigenvalue weighted by Crippen LogP contribution is 2.32. The van der Waals surface area contributed by atoms with Crippen molar-refractivity contribution in [1.29, 1.82) is 0 Å². The SMILES string of the molecule is CC.CC.CC.CC(C)(C)OC([O-])=Nc1ccc(Br)cc1N=C([O-])OC(C)(C)C.Nc1ccc(-c2ccccc2)cc1N. The number of nitrogens with zero attached hydrogens (tertiary/aromatic N) is 2. The van der Waals surface area contributed by atoms with Crippen molar-refractivity contribution in [3.63, 3.8) is 0 Å². The minimum atomic E-state index is -0.753. The average molecular weight is 660 g/mol. The molecule has 240 valence electrons. The number of aliphatic imine (C=N–C) groups is 2. The van der Waals surface area contributed by atoms with E-state index in [4.69, 9.17) is 20.9 Å². The van der Waals surface area contributed by atoms with Gasteiger partial charge in [0.15, 0.2) is 12.2 Å². The van der Waals surface area contributed by atoms with E-state index >= 15 is 0 Å². The van der Waals surface area contributed by atoms with Crippen LogP contribution in [0.5, 0.6) is 0 Å². The van der Waals surface area contributed by atoms with Gasteiger partial charge in [0.2, 0.25) is 0 Å². The van der Waals surface area contributed by atoms with E-state index in [1.54, 1.807) is 59.7 Å². The van der Waals surface area contributed by atoms with Crippen molar-refractivity contribution < 1.29 is 19.7 Å². The number of rotatable bonds is 3. The van der Waals surface area contributed by atoms with E-state index in [-0.39, 0.29) is 11.4 Å². The summed E-state index contributed by atoms with van der Waals surface area (Å²) in [5.74, 6) is 0. The van der Waals surface area contributed by atoms with E-state index in [0.717, 1.165) is 11.1 Å². The van der Waals surface area contributed by atoms with E-state index < -0.39 is 23.4 Å². The standard InChI is InChI=1S/C16H23BrN2O4.C12H12N2.3C2H6/c1-15(2,3)22-13(20)18-11-8-7-10(17)9-12(11)19-14(21)23-16(4,5)6;13-11-7-6-10(8-12(11)14)9-4-2-1-3-5-9;3*1-2/h7-9H,1-6H3,(H,18,20)(H,19,21);1-8H,13-14H2;3*1-2H3/p-2. The van der Waals surface area contributed by atoms with E-state index in [1.807, 2.05) is 90.1 Å². The van der Waals surface area contributed by atoms with Crippen LogP contribution in [-0.2, 0) is 9.47 Å². The Bertz CT molecular complexity index is 1250. The molecule has 3 aromatic rings. The molecule has 43 heavy (non-hydrogen) atoms. The monoisotopic (exact) mass is 658 g/mol. The minimum absolute atomic E-state index is 0.222. The highest BCUT2D eigenvalue weighted by molar-refractivity contribution is 9.10. The molecule has 0 radical (unpaired) electrons. The lowest BCUT2D eigenvalue weighted by atomic mass is 10.0. The molecule has 0 saturated carbocycles. The zero-order valence-electron chi connectivity index (χ0n) is 27.9. The maximum absolute atomic E-state index is 11.8. The molecule has 8 nitrogen and oxygen atoms in total. The summed E-state index contributed by atoms with van der Waals surface area (Å²) < 4.78 is 11.0. The average Bonchev–Trinajstić information content (AvgIpc) is 2.94. The van der Waals surface area contributed by atoms with Crippen LogP contribution in [0, 0.1) is 0 Å². The molecule has 0 atom stereocenters. The number of hydrogen-bond acceptors (Lipinski definition) is 8. The summed E-state index contributed by atoms with van der Waals surface area (Å²) in [5.41, 5.74) is 14.0. The van der Waals surface area contributed by atoms with Crippen molar-refractivity contribution in [1.82, 2.24) is 0 Å². The van der Waals surface area contributed by atoms with Crippen LogP contribution < -0.4 is 21.7 Å². The summed E-state index contributed by atoms with van der Waals surface area (Å²) in [7, 11) is 0. The molecule has 4 N–H and O–H groups in total. The lowest BCUT2D eigenvalue weighted by Crippen LogP contribution is -2.32. The fourth-order valence-electron chi connectivity index (χ4n) is 2.83. The number of nitrogens with two attached hydrogens (primary N) is 2. The molecule has 0 spiro atoms. The van der Waals surface area contributed by atoms with E-state index in [9.17, 15) is 10.2 Å². The first-order valence-corrected chi connectivity index (χ1v) is 15.3. The lowest BCUT2D eigenvalue weighted by molar-refractivity contribution is -0.261. The second kappa shape index (κ2) is 21.0. The summed E-state index contributed by atoms with van der Waals surface area (Å²) in [6.07, 6.45) is -1.50. The Hall–Kier alpha value is -3.72. The third-order valence-electron chi connectivity index (χ3n) is 4.34. The number of benzene rings is 3. The molecule has 0 aromatic heterocycles. The third-order valence-corrected chi connectivity index (χ3v) is 4.84. The van der Waals surface area contributed by atoms with Gasteiger partial charge in [0.05, 0.1) is 22.7 Å². The second-order valence-corrected chi connectivity index (χ2v) is 10.9. The van der Waals surface area contributed by atoms with Crippen molar-refractivity contribution in [2.45, 2.75) is 94.3 Å². The molecule has 0 heterocycles. The largest absolute Gasteiger partial charge is 0.594 e. The quantitative estimate of drug-likeness (QED) is 0.164. The predicted molar refractivity (Wildman–Crippen MR) is 185 cm³/mol. The fraction of sp³-hybridized carbons (Fsp3) is 0.412. The Balaban J connectivity index is 0. The van der Waals surface area contributed by atoms with Gasteiger partial charge in [-0.1, -0.05) is 135 Å². The Morgan fingerprint density at radius 2 is 1.07 bits per heavy atom. The molecule has 3 rings (SSSR count). The summed E-state index contributed by atoms with van der Waals surface area (Å²) in [5, 5.41) is 23.7. The predicted octanol–water partition coefficient (Wildman–Crippen LogP) is 8.37. The van der Waals surface area contributed by atoms with Crippen molar-refractivity contribution in [3.8, 4) is 11.1 Å². The van der Waals surface area contributed by atoms with Crippen molar-refractivity contribution in [3.05, 3.63) is 71.2 Å². The van der Waals surface area contributed by atoms with Gasteiger partial charge in [-0.15, -0.1) is 0 Å². The number of halogens is 1. The lowest BCUT2D eigenvalue weighted by Gasteiger charge is -2.30. The van der Waals surface area contributed by atoms with Gasteiger partial charge in [0.1, 0.15) is 0 Å². The smallest absolute Gasteiger partial charge is 0.151 e. The van der Waals surface area contributed by atoms with Crippen molar-refractivity contribution >= 4 is 50.8 Å². The first-order valence-electron chi connectivity index (χ1n) is 14.5. The summed E-state index contributed by atoms with van der Waals surface area (Å²) in [6, 6.07) is 20.6. The molecule has 0 aliphatic rings. The van der Waals surface area contributed by atoms with E-state index in [1.165, 1.54) is 0 Å². The summed E-state index contributed by atoms with van der Waals surface area (Å²) in [4.78, 5) is 7.71. The van der Waals surface area contributed by atoms with Crippen LogP contribution in [-0.4, -0.2) is 23.4 Å². The molecular weight excluding hydrogens is 608 g/mol. The Labute approximate surface area is 268 Å². The molecule has 0 unspecified atom stereocenters. The molecule has 0 aliphatic carbocycles. The Morgan fingerprint density at radius 3 is 1.51 bits per heavy atom. The van der Waals surface area contributed by atoms with Gasteiger partial charge in [-0.2, -0.15) is 0 Å². The van der Waals surface area contributed by atoms with Gasteiger partial charge in [0.25, 0.3) is 0 Å². The normalized spacial score (nSPS) is 11.1. The zero-order chi connectivity index (χ0) is 33.8. The number of nitrogen functional groups attached to an aromatic ring is 2. The van der Waals surface area contributed by atoms with E-state index in [2.05, 4.69) is 25.9 Å². The molecular formula is C34H51BrN4O4-2. The number of anilines is 2. The van der Waals surface area contributed by atoms with Crippen molar-refractivity contribution in [2.75, 3.05) is 11.5 Å². The van der Waals surface area contributed by atoms with Crippen LogP contribution in [0.1, 0.15) is 83.1 Å². The first kappa shape index (κ1) is 41.4. The summed E-state index contributed by atoms with van der Waals surface area (Å²) >= 11 is 3.29. The zero-order valence-corrected chi connectivity index (χ0v) is 29.5. The molecule has 9 heteroatoms. The van der Waals surface area contributed by atoms with E-state index in [0.29, 0.717) is 15.8 Å². The molecule has 0 saturated heterocycles. The highest BCUT2D eigenvalue weighted by Gasteiger charge is 2.08. The minimum Gasteiger partial charge on any atom is -0.594 e. The van der Waals surface area contributed by atoms with Gasteiger partial charge >= 0.3 is 0 Å². The highest BCUT2D eigenvalue weighted by atomic mass is 79.9. The van der Waals surface area contributed by atoms with Gasteiger partial charge in [0, 0.05) is 15.7 Å². The van der Waals surface area contributed by atoms with Gasteiger partial charge < -0.3 is 31.2 Å². The van der Waals surface area contributed by atoms with Crippen molar-refractivity contribution in [2.24, 2.45) is 9.98 Å². The molecule has 0 aliphatic heterocycles. The van der Waals surface area contributed by atoms with Gasteiger partial charge in [-0.05, 0) is 41.5 Å². The number of hydrogen-bond donors (Lipinski definition) is 2.